The first-order valence-corrected chi connectivity index (χ1v) is 39.1. The molecule has 1 unspecified atom stereocenters. The highest BCUT2D eigenvalue weighted by Gasteiger charge is 2.03. The predicted octanol–water partition coefficient (Wildman–Crippen LogP) is 23.3. The van der Waals surface area contributed by atoms with E-state index in [-0.39, 0.29) is 13.2 Å². The molecule has 0 aromatic carbocycles. The van der Waals surface area contributed by atoms with Gasteiger partial charge in [-0.15, -0.1) is 0 Å². The van der Waals surface area contributed by atoms with E-state index >= 15 is 0 Å². The lowest BCUT2D eigenvalue weighted by atomic mass is 10.0. The third-order valence-corrected chi connectivity index (χ3v) is 15.8. The van der Waals surface area contributed by atoms with Crippen LogP contribution < -0.4 is 0 Å². The van der Waals surface area contributed by atoms with Crippen LogP contribution in [0.3, 0.4) is 0 Å². The Morgan fingerprint density at radius 2 is 0.457 bits per heavy atom. The Bertz CT molecular complexity index is 1410. The Morgan fingerprint density at radius 3 is 0.617 bits per heavy atom. The largest absolute Gasteiger partial charge is 0.481 e. The SMILES string of the molecule is CC(=O)O.CC(=O)O.CC(=O)OCC(O)CO.CCCCCCCC/C=C\CCCCCCCC(=O)O.CCCCCCCCCCCCCCCCCC(=O)O.CCCCCCCCCCCCCCCCCC(=O)O.CCCCCCCCCCCCCCCCO. The van der Waals surface area contributed by atoms with Gasteiger partial charge in [-0.25, -0.2) is 0 Å². The van der Waals surface area contributed by atoms with E-state index in [2.05, 4.69) is 44.6 Å². The van der Waals surface area contributed by atoms with Crippen LogP contribution in [-0.2, 0) is 33.5 Å². The second kappa shape index (κ2) is 100. The fourth-order valence-corrected chi connectivity index (χ4v) is 10.2. The molecule has 0 amide bonds. The van der Waals surface area contributed by atoms with Crippen LogP contribution in [0.2, 0.25) is 0 Å². The van der Waals surface area contributed by atoms with Crippen molar-refractivity contribution in [1.82, 2.24) is 0 Å². The quantitative estimate of drug-likeness (QED) is 0.0160. The maximum absolute atomic E-state index is 10.3. The molecule has 0 heterocycles. The zero-order valence-corrected chi connectivity index (χ0v) is 62.7. The molecule has 1 atom stereocenters. The summed E-state index contributed by atoms with van der Waals surface area (Å²) in [5.74, 6) is -4.09. The number of aliphatic hydroxyl groups excluding tert-OH is 3. The van der Waals surface area contributed by atoms with Gasteiger partial charge in [0.2, 0.25) is 0 Å². The Kier molecular flexibility index (Phi) is 111. The van der Waals surface area contributed by atoms with E-state index in [4.69, 9.17) is 50.4 Å². The average Bonchev–Trinajstić information content (AvgIpc) is 3.54. The normalized spacial score (nSPS) is 10.7. The molecule has 0 aliphatic heterocycles. The first-order chi connectivity index (χ1) is 45.4. The molecule has 0 aromatic heterocycles. The molecule has 564 valence electrons. The lowest BCUT2D eigenvalue weighted by Crippen LogP contribution is -2.20. The number of esters is 1. The third-order valence-electron chi connectivity index (χ3n) is 15.8. The third kappa shape index (κ3) is 144. The highest BCUT2D eigenvalue weighted by Crippen LogP contribution is 2.17. The molecule has 15 nitrogen and oxygen atoms in total. The van der Waals surface area contributed by atoms with Crippen molar-refractivity contribution >= 4 is 35.8 Å². The molecule has 0 saturated carbocycles. The van der Waals surface area contributed by atoms with E-state index < -0.39 is 41.9 Å². The summed E-state index contributed by atoms with van der Waals surface area (Å²) >= 11 is 0. The van der Waals surface area contributed by atoms with E-state index in [9.17, 15) is 19.2 Å². The van der Waals surface area contributed by atoms with Crippen LogP contribution in [0, 0.1) is 0 Å². The molecule has 8 N–H and O–H groups in total. The summed E-state index contributed by atoms with van der Waals surface area (Å²) in [6.45, 7) is 12.3. The maximum atomic E-state index is 10.3. The van der Waals surface area contributed by atoms with E-state index in [0.717, 1.165) is 58.8 Å². The van der Waals surface area contributed by atoms with Gasteiger partial charge in [-0.1, -0.05) is 354 Å². The monoisotopic (exact) mass is 1350 g/mol. The van der Waals surface area contributed by atoms with E-state index in [1.165, 1.54) is 328 Å². The van der Waals surface area contributed by atoms with Crippen LogP contribution in [0.1, 0.15) is 434 Å². The molecule has 0 fully saturated rings. The van der Waals surface area contributed by atoms with Crippen molar-refractivity contribution in [3.8, 4) is 0 Å². The van der Waals surface area contributed by atoms with Crippen molar-refractivity contribution in [2.75, 3.05) is 19.8 Å². The van der Waals surface area contributed by atoms with Crippen LogP contribution in [0.4, 0.5) is 0 Å². The van der Waals surface area contributed by atoms with Crippen molar-refractivity contribution in [3.63, 3.8) is 0 Å². The van der Waals surface area contributed by atoms with Crippen LogP contribution in [0.15, 0.2) is 12.2 Å². The highest BCUT2D eigenvalue weighted by atomic mass is 16.5. The number of aliphatic carboxylic acids is 5. The fourth-order valence-electron chi connectivity index (χ4n) is 10.2. The van der Waals surface area contributed by atoms with Crippen LogP contribution >= 0.6 is 0 Å². The van der Waals surface area contributed by atoms with Crippen molar-refractivity contribution in [3.05, 3.63) is 12.2 Å². The molecule has 0 radical (unpaired) electrons. The smallest absolute Gasteiger partial charge is 0.303 e. The number of carboxylic acid groups (broad SMARTS) is 5. The first kappa shape index (κ1) is 104. The Labute approximate surface area is 579 Å². The summed E-state index contributed by atoms with van der Waals surface area (Å²) in [6.07, 6.45) is 79.9. The van der Waals surface area contributed by atoms with Gasteiger partial charge in [0.15, 0.2) is 0 Å². The molecule has 0 rings (SSSR count). The van der Waals surface area contributed by atoms with E-state index in [1.54, 1.807) is 0 Å². The summed E-state index contributed by atoms with van der Waals surface area (Å²) in [6, 6.07) is 0. The molecule has 94 heavy (non-hydrogen) atoms. The van der Waals surface area contributed by atoms with Crippen molar-refractivity contribution in [2.24, 2.45) is 0 Å². The molecular formula is C79H158O15. The van der Waals surface area contributed by atoms with Gasteiger partial charge >= 0.3 is 23.9 Å². The first-order valence-electron chi connectivity index (χ1n) is 39.1. The van der Waals surface area contributed by atoms with Crippen LogP contribution in [0.5, 0.6) is 0 Å². The Morgan fingerprint density at radius 1 is 0.287 bits per heavy atom. The Hall–Kier alpha value is -3.56. The van der Waals surface area contributed by atoms with Crippen molar-refractivity contribution in [1.29, 1.82) is 0 Å². The molecule has 0 spiro atoms. The summed E-state index contributed by atoms with van der Waals surface area (Å²) < 4.78 is 4.35. The van der Waals surface area contributed by atoms with Gasteiger partial charge in [0.1, 0.15) is 12.7 Å². The van der Waals surface area contributed by atoms with Crippen molar-refractivity contribution < 1.29 is 74.4 Å². The number of ether oxygens (including phenoxy) is 1. The minimum absolute atomic E-state index is 0.133. The van der Waals surface area contributed by atoms with Gasteiger partial charge < -0.3 is 45.6 Å². The maximum Gasteiger partial charge on any atom is 0.303 e. The summed E-state index contributed by atoms with van der Waals surface area (Å²) in [5, 5.41) is 65.8. The molecule has 0 bridgehead atoms. The van der Waals surface area contributed by atoms with Crippen LogP contribution in [-0.4, -0.2) is 103 Å². The zero-order valence-electron chi connectivity index (χ0n) is 62.7. The molecule has 15 heteroatoms. The number of aliphatic hydroxyl groups is 3. The molecular weight excluding hydrogens is 1190 g/mol. The lowest BCUT2D eigenvalue weighted by Gasteiger charge is -2.05. The number of hydrogen-bond donors (Lipinski definition) is 8. The number of carbonyl (C=O) groups excluding carboxylic acids is 1. The van der Waals surface area contributed by atoms with Gasteiger partial charge in [-0.2, -0.15) is 0 Å². The van der Waals surface area contributed by atoms with Crippen LogP contribution in [0.25, 0.3) is 0 Å². The predicted molar refractivity (Wildman–Crippen MR) is 395 cm³/mol. The minimum atomic E-state index is -0.950. The summed E-state index contributed by atoms with van der Waals surface area (Å²) in [4.78, 5) is 59.0. The van der Waals surface area contributed by atoms with E-state index in [0.29, 0.717) is 25.9 Å². The second-order valence-corrected chi connectivity index (χ2v) is 25.9. The van der Waals surface area contributed by atoms with Gasteiger partial charge in [-0.05, 0) is 51.4 Å². The van der Waals surface area contributed by atoms with Gasteiger partial charge in [0, 0.05) is 46.6 Å². The van der Waals surface area contributed by atoms with Gasteiger partial charge in [0.05, 0.1) is 6.61 Å². The number of allylic oxidation sites excluding steroid dienone is 2. The number of rotatable bonds is 64. The lowest BCUT2D eigenvalue weighted by molar-refractivity contribution is -0.144. The number of carboxylic acids is 5. The number of carbonyl (C=O) groups is 6. The highest BCUT2D eigenvalue weighted by molar-refractivity contribution is 5.67. The topological polar surface area (TPSA) is 273 Å². The fraction of sp³-hybridized carbons (Fsp3) is 0.899. The number of unbranched alkanes of at least 4 members (excludes halogenated alkanes) is 52. The molecule has 0 saturated heterocycles. The molecule has 0 aliphatic rings. The zero-order chi connectivity index (χ0) is 71.7. The molecule has 0 aromatic rings. The standard InChI is InChI=1S/2C18H36O2.C18H34O2.C16H34O.C5H10O4.2C2H4O2/c3*1-2-3-4-5-6-7-8-9-10-11-12-13-14-15-16-17-18(19)20;1-2-3-4-5-6-7-8-9-10-11-12-13-14-15-16-17;1-4(7)9-3-5(8)2-6;2*1-2(3)4/h2*2-17H2,1H3,(H,19,20);9-10H,2-8,11-17H2,1H3,(H,19,20);17H,2-16H2,1H3;5-6,8H,2-3H2,1H3;2*1H3,(H,3,4)/b;;10-9-;;;;. The number of hydrogen-bond acceptors (Lipinski definition) is 10. The van der Waals surface area contributed by atoms with Gasteiger partial charge in [0.25, 0.3) is 11.9 Å². The molecule has 0 aliphatic carbocycles. The minimum Gasteiger partial charge on any atom is -0.481 e. The Balaban J connectivity index is -0.000000198. The van der Waals surface area contributed by atoms with Crippen molar-refractivity contribution in [2.45, 2.75) is 440 Å². The second-order valence-electron chi connectivity index (χ2n) is 25.9. The summed E-state index contributed by atoms with van der Waals surface area (Å²) in [7, 11) is 0. The average molecular weight is 1350 g/mol. The van der Waals surface area contributed by atoms with Gasteiger partial charge in [-0.3, -0.25) is 28.8 Å². The summed E-state index contributed by atoms with van der Waals surface area (Å²) in [5.41, 5.74) is 0. The van der Waals surface area contributed by atoms with E-state index in [1.807, 2.05) is 0 Å².